The number of hydrogen-bond donors (Lipinski definition) is 4. The lowest BCUT2D eigenvalue weighted by Gasteiger charge is -2.19. The number of oxazole rings is 1. The Morgan fingerprint density at radius 3 is 1.24 bits per heavy atom. The van der Waals surface area contributed by atoms with Gasteiger partial charge in [0.05, 0.1) is 28.9 Å². The van der Waals surface area contributed by atoms with Gasteiger partial charge in [0.1, 0.15) is 24.2 Å². The lowest BCUT2D eigenvalue weighted by molar-refractivity contribution is 0.392. The number of aromatic amines is 4. The molecule has 0 unspecified atom stereocenters. The summed E-state index contributed by atoms with van der Waals surface area (Å²) in [5.74, 6) is 2.77. The summed E-state index contributed by atoms with van der Waals surface area (Å²) in [6.07, 6.45) is 23.3. The molecule has 0 fully saturated rings. The third-order valence-corrected chi connectivity index (χ3v) is 11.9. The van der Waals surface area contributed by atoms with Crippen molar-refractivity contribution in [2.24, 2.45) is 0 Å². The lowest BCUT2D eigenvalue weighted by atomic mass is 9.93. The molecular weight excluding hydrogens is 935 g/mol. The third kappa shape index (κ3) is 26.8. The molecule has 0 aromatic carbocycles. The molecule has 0 saturated heterocycles. The summed E-state index contributed by atoms with van der Waals surface area (Å²) in [6, 6.07) is 4.14. The van der Waals surface area contributed by atoms with E-state index in [-0.39, 0.29) is 43.4 Å². The molecule has 8 heterocycles. The first kappa shape index (κ1) is 64.5. The van der Waals surface area contributed by atoms with Crippen molar-refractivity contribution >= 4 is 22.7 Å². The van der Waals surface area contributed by atoms with Crippen LogP contribution < -0.4 is 0 Å². The smallest absolute Gasteiger partial charge is 0.199 e. The van der Waals surface area contributed by atoms with Crippen LogP contribution in [0.5, 0.6) is 0 Å². The maximum atomic E-state index is 5.09. The highest BCUT2D eigenvalue weighted by Gasteiger charge is 2.19. The average Bonchev–Trinajstić information content (AvgIpc) is 4.13. The van der Waals surface area contributed by atoms with Crippen LogP contribution in [0, 0.1) is 0 Å². The van der Waals surface area contributed by atoms with Gasteiger partial charge in [-0.1, -0.05) is 145 Å². The third-order valence-electron chi connectivity index (χ3n) is 9.55. The van der Waals surface area contributed by atoms with Gasteiger partial charge >= 0.3 is 0 Å². The molecule has 0 radical (unpaired) electrons. The fraction of sp³-hybridized carbons (Fsp3) is 0.571. The lowest BCUT2D eigenvalue weighted by Crippen LogP contribution is -2.19. The van der Waals surface area contributed by atoms with E-state index >= 15 is 0 Å². The number of nitrogens with zero attached hydrogens (tertiary/aromatic N) is 9. The Bertz CT molecular complexity index is 1900. The Balaban J connectivity index is 0.000000411. The van der Waals surface area contributed by atoms with E-state index in [0.29, 0.717) is 0 Å². The molecule has 0 amide bonds. The van der Waals surface area contributed by atoms with Crippen LogP contribution in [0.4, 0.5) is 0 Å². The molecule has 0 spiro atoms. The monoisotopic (exact) mass is 1030 g/mol. The number of hydrogen-bond acceptors (Lipinski definition) is 11. The fourth-order valence-electron chi connectivity index (χ4n) is 5.14. The molecule has 14 nitrogen and oxygen atoms in total. The van der Waals surface area contributed by atoms with Gasteiger partial charge in [-0.2, -0.15) is 5.10 Å². The first-order valence-corrected chi connectivity index (χ1v) is 26.3. The molecule has 72 heavy (non-hydrogen) atoms. The maximum Gasteiger partial charge on any atom is 0.199 e. The molecule has 16 heteroatoms. The summed E-state index contributed by atoms with van der Waals surface area (Å²) in [5, 5.41) is 13.0. The zero-order valence-corrected chi connectivity index (χ0v) is 50.2. The minimum absolute atomic E-state index is 0.0451. The van der Waals surface area contributed by atoms with Crippen LogP contribution in [-0.4, -0.2) is 64.6 Å². The summed E-state index contributed by atoms with van der Waals surface area (Å²) in [5.41, 5.74) is 3.88. The first-order valence-electron chi connectivity index (χ1n) is 24.5. The van der Waals surface area contributed by atoms with Crippen LogP contribution in [0.25, 0.3) is 0 Å². The molecule has 0 bridgehead atoms. The molecule has 8 aromatic rings. The quantitative estimate of drug-likeness (QED) is 0.115. The summed E-state index contributed by atoms with van der Waals surface area (Å²) >= 11 is 3.44. The van der Waals surface area contributed by atoms with Gasteiger partial charge in [0.2, 0.25) is 0 Å². The average molecular weight is 1030 g/mol. The van der Waals surface area contributed by atoms with Crippen LogP contribution in [-0.2, 0) is 43.4 Å². The number of imidazole rings is 3. The van der Waals surface area contributed by atoms with Crippen LogP contribution >= 0.6 is 22.7 Å². The van der Waals surface area contributed by atoms with Crippen LogP contribution in [0.1, 0.15) is 205 Å². The Labute approximate surface area is 442 Å². The zero-order chi connectivity index (χ0) is 55.2. The van der Waals surface area contributed by atoms with Crippen LogP contribution in [0.3, 0.4) is 0 Å². The molecule has 400 valence electrons. The zero-order valence-electron chi connectivity index (χ0n) is 48.6. The number of aromatic nitrogens is 13. The van der Waals surface area contributed by atoms with Crippen molar-refractivity contribution < 1.29 is 4.42 Å². The molecule has 0 atom stereocenters. The summed E-state index contributed by atoms with van der Waals surface area (Å²) in [6.45, 7) is 51.4. The van der Waals surface area contributed by atoms with Crippen molar-refractivity contribution in [3.05, 3.63) is 143 Å². The van der Waals surface area contributed by atoms with E-state index in [1.807, 2.05) is 60.3 Å². The van der Waals surface area contributed by atoms with Crippen molar-refractivity contribution in [2.45, 2.75) is 210 Å². The SMILES string of the molecule is CC(C)(C)c1ccc[nH]1.CC(C)(C)c1cnc[nH]1.CC(C)(C)c1ncc[nH]1.CC(C)(C)c1ncco1.CC(C)(C)c1nccs1.CC(C)(C)c1nccs1.CC(C)(C)c1ncn[nH]1.CC(C)(C)n1ccnc1. The Morgan fingerprint density at radius 2 is 1.04 bits per heavy atom. The summed E-state index contributed by atoms with van der Waals surface area (Å²) < 4.78 is 7.16. The second kappa shape index (κ2) is 28.1. The van der Waals surface area contributed by atoms with Gasteiger partial charge in [-0.05, 0) is 32.9 Å². The van der Waals surface area contributed by atoms with E-state index in [1.165, 1.54) is 27.7 Å². The molecule has 0 saturated carbocycles. The van der Waals surface area contributed by atoms with Crippen molar-refractivity contribution in [2.75, 3.05) is 0 Å². The highest BCUT2D eigenvalue weighted by atomic mass is 32.1. The Hall–Kier alpha value is -5.48. The van der Waals surface area contributed by atoms with Gasteiger partial charge in [-0.25, -0.2) is 34.9 Å². The molecule has 0 aliphatic rings. The van der Waals surface area contributed by atoms with Gasteiger partial charge in [0.25, 0.3) is 0 Å². The maximum absolute atomic E-state index is 5.09. The fourth-order valence-corrected chi connectivity index (χ4v) is 6.59. The second-order valence-corrected chi connectivity index (χ2v) is 27.0. The molecule has 0 aliphatic carbocycles. The highest BCUT2D eigenvalue weighted by molar-refractivity contribution is 7.10. The Kier molecular flexibility index (Phi) is 25.2. The largest absolute Gasteiger partial charge is 0.448 e. The number of thiazole rings is 2. The van der Waals surface area contributed by atoms with Crippen molar-refractivity contribution in [1.82, 2.24) is 64.6 Å². The first-order chi connectivity index (χ1) is 32.8. The number of H-pyrrole nitrogens is 4. The van der Waals surface area contributed by atoms with Crippen LogP contribution in [0.15, 0.2) is 108 Å². The van der Waals surface area contributed by atoms with Crippen molar-refractivity contribution in [3.8, 4) is 0 Å². The normalized spacial score (nSPS) is 11.9. The number of nitrogens with one attached hydrogen (secondary N) is 4. The molecular formula is C56H93N13OS2. The predicted molar refractivity (Wildman–Crippen MR) is 303 cm³/mol. The molecule has 8 aromatic heterocycles. The van der Waals surface area contributed by atoms with E-state index in [9.17, 15) is 0 Å². The van der Waals surface area contributed by atoms with E-state index < -0.39 is 0 Å². The van der Waals surface area contributed by atoms with Gasteiger partial charge < -0.3 is 23.9 Å². The summed E-state index contributed by atoms with van der Waals surface area (Å²) in [7, 11) is 0. The highest BCUT2D eigenvalue weighted by Crippen LogP contribution is 2.25. The summed E-state index contributed by atoms with van der Waals surface area (Å²) in [4.78, 5) is 37.8. The van der Waals surface area contributed by atoms with E-state index in [0.717, 1.165) is 17.5 Å². The van der Waals surface area contributed by atoms with Gasteiger partial charge in [0, 0.05) is 115 Å². The Morgan fingerprint density at radius 1 is 0.486 bits per heavy atom. The van der Waals surface area contributed by atoms with Crippen molar-refractivity contribution in [1.29, 1.82) is 0 Å². The molecule has 4 N–H and O–H groups in total. The van der Waals surface area contributed by atoms with E-state index in [2.05, 4.69) is 237 Å². The molecule has 0 aliphatic heterocycles. The van der Waals surface area contributed by atoms with Gasteiger partial charge in [-0.3, -0.25) is 5.10 Å². The van der Waals surface area contributed by atoms with Crippen LogP contribution in [0.2, 0.25) is 0 Å². The van der Waals surface area contributed by atoms with E-state index in [4.69, 9.17) is 4.42 Å². The predicted octanol–water partition coefficient (Wildman–Crippen LogP) is 15.3. The number of rotatable bonds is 0. The standard InChI is InChI=1S/C8H13N.3C7H12N2.C7H11NO.2C7H11NS.C6H11N3/c1-8(2,3)7-5-4-6-9-7;1-7(2,3)6-4-8-5-9-6;1-7(2,3)9-5-4-8-6-9;4*1-7(2,3)6-8-4-5-9-6;1-6(2,3)5-7-4-8-9-5/h4-6,9H,1-3H3;4-5H,1-3H3,(H,8,9);4-6H,1-3H3;4-5H,1-3H3,(H,8,9);3*4-5H,1-3H3;4H,1-3H3,(H,7,8,9). The van der Waals surface area contributed by atoms with Crippen molar-refractivity contribution in [3.63, 3.8) is 0 Å². The van der Waals surface area contributed by atoms with Gasteiger partial charge in [-0.15, -0.1) is 22.7 Å². The minimum atomic E-state index is 0.0451. The van der Waals surface area contributed by atoms with E-state index in [1.54, 1.807) is 53.9 Å². The minimum Gasteiger partial charge on any atom is -0.448 e. The molecule has 8 rings (SSSR count). The second-order valence-electron chi connectivity index (χ2n) is 25.2. The van der Waals surface area contributed by atoms with Gasteiger partial charge in [0.15, 0.2) is 5.89 Å². The topological polar surface area (TPSA) is 184 Å².